The van der Waals surface area contributed by atoms with Gasteiger partial charge in [0.1, 0.15) is 0 Å². The Morgan fingerprint density at radius 1 is 1.47 bits per heavy atom. The van der Waals surface area contributed by atoms with Crippen molar-refractivity contribution in [3.63, 3.8) is 0 Å². The Morgan fingerprint density at radius 2 is 2.21 bits per heavy atom. The molecule has 0 radical (unpaired) electrons. The van der Waals surface area contributed by atoms with Crippen LogP contribution in [-0.4, -0.2) is 23.0 Å². The molecule has 3 N–H and O–H groups in total. The third-order valence-corrected chi connectivity index (χ3v) is 4.23. The Kier molecular flexibility index (Phi) is 5.15. The van der Waals surface area contributed by atoms with Crippen LogP contribution in [0.4, 0.5) is 0 Å². The number of carbonyl (C=O) groups is 1. The van der Waals surface area contributed by atoms with E-state index in [4.69, 9.17) is 0 Å². The molecule has 0 bridgehead atoms. The number of nitrogens with one attached hydrogen (secondary N) is 3. The number of hydrogen-bond acceptors (Lipinski definition) is 4. The molecule has 0 saturated heterocycles. The molecular weight excluding hydrogens is 262 g/mol. The van der Waals surface area contributed by atoms with Crippen LogP contribution in [0.2, 0.25) is 0 Å². The van der Waals surface area contributed by atoms with E-state index in [0.717, 1.165) is 29.9 Å². The molecule has 1 aromatic heterocycles. The standard InChI is InChI=1S/C13H21N3O2S/c1-9(14-7-11-8-19-13(18)16-11)12(17)15-10-5-3-2-4-6-10/h8-10,14H,2-7H2,1H3,(H,15,17)(H,16,18). The molecule has 1 unspecified atom stereocenters. The van der Waals surface area contributed by atoms with Gasteiger partial charge in [-0.1, -0.05) is 30.6 Å². The Morgan fingerprint density at radius 3 is 2.84 bits per heavy atom. The minimum absolute atomic E-state index is 0.0458. The van der Waals surface area contributed by atoms with Crippen LogP contribution in [0.5, 0.6) is 0 Å². The maximum Gasteiger partial charge on any atom is 0.304 e. The molecule has 1 heterocycles. The lowest BCUT2D eigenvalue weighted by molar-refractivity contribution is -0.123. The van der Waals surface area contributed by atoms with Gasteiger partial charge in [-0.15, -0.1) is 0 Å². The first-order valence-electron chi connectivity index (χ1n) is 6.85. The van der Waals surface area contributed by atoms with Gasteiger partial charge in [0.05, 0.1) is 6.04 Å². The summed E-state index contributed by atoms with van der Waals surface area (Å²) >= 11 is 1.14. The predicted molar refractivity (Wildman–Crippen MR) is 76.3 cm³/mol. The number of hydrogen-bond donors (Lipinski definition) is 3. The van der Waals surface area contributed by atoms with Crippen molar-refractivity contribution in [2.45, 2.75) is 57.7 Å². The van der Waals surface area contributed by atoms with Crippen LogP contribution in [-0.2, 0) is 11.3 Å². The van der Waals surface area contributed by atoms with E-state index in [0.29, 0.717) is 12.6 Å². The van der Waals surface area contributed by atoms with Crippen molar-refractivity contribution in [1.82, 2.24) is 15.6 Å². The minimum Gasteiger partial charge on any atom is -0.352 e. The minimum atomic E-state index is -0.245. The van der Waals surface area contributed by atoms with Crippen LogP contribution in [0.25, 0.3) is 0 Å². The molecule has 6 heteroatoms. The molecule has 1 aliphatic rings. The Bertz CT molecular complexity index is 462. The van der Waals surface area contributed by atoms with Gasteiger partial charge in [-0.05, 0) is 19.8 Å². The molecule has 0 aliphatic heterocycles. The number of carbonyl (C=O) groups excluding carboxylic acids is 1. The van der Waals surface area contributed by atoms with Crippen LogP contribution in [0.15, 0.2) is 10.2 Å². The predicted octanol–water partition coefficient (Wildman–Crippen LogP) is 1.36. The molecule has 1 amide bonds. The summed E-state index contributed by atoms with van der Waals surface area (Å²) in [5, 5.41) is 7.99. The lowest BCUT2D eigenvalue weighted by atomic mass is 9.95. The fourth-order valence-corrected chi connectivity index (χ4v) is 2.91. The van der Waals surface area contributed by atoms with Crippen LogP contribution in [0.1, 0.15) is 44.7 Å². The number of aromatic amines is 1. The van der Waals surface area contributed by atoms with Crippen molar-refractivity contribution in [1.29, 1.82) is 0 Å². The van der Waals surface area contributed by atoms with Crippen LogP contribution < -0.4 is 15.5 Å². The summed E-state index contributed by atoms with van der Waals surface area (Å²) in [6, 6.07) is 0.0942. The fraction of sp³-hybridized carbons (Fsp3) is 0.692. The monoisotopic (exact) mass is 283 g/mol. The van der Waals surface area contributed by atoms with Gasteiger partial charge >= 0.3 is 4.87 Å². The van der Waals surface area contributed by atoms with Crippen LogP contribution >= 0.6 is 11.3 Å². The van der Waals surface area contributed by atoms with Gasteiger partial charge in [0.2, 0.25) is 5.91 Å². The lowest BCUT2D eigenvalue weighted by Gasteiger charge is -2.24. The highest BCUT2D eigenvalue weighted by atomic mass is 32.1. The lowest BCUT2D eigenvalue weighted by Crippen LogP contribution is -2.46. The first-order valence-corrected chi connectivity index (χ1v) is 7.73. The van der Waals surface area contributed by atoms with Crippen molar-refractivity contribution in [3.8, 4) is 0 Å². The summed E-state index contributed by atoms with van der Waals surface area (Å²) in [4.78, 5) is 25.6. The second-order valence-electron chi connectivity index (χ2n) is 5.12. The third kappa shape index (κ3) is 4.47. The summed E-state index contributed by atoms with van der Waals surface area (Å²) in [5.41, 5.74) is 0.826. The van der Waals surface area contributed by atoms with Gasteiger partial charge in [0.15, 0.2) is 0 Å². The number of H-pyrrole nitrogens is 1. The number of amides is 1. The van der Waals surface area contributed by atoms with Gasteiger partial charge in [-0.2, -0.15) is 0 Å². The van der Waals surface area contributed by atoms with E-state index in [2.05, 4.69) is 15.6 Å². The highest BCUT2D eigenvalue weighted by Crippen LogP contribution is 2.17. The second kappa shape index (κ2) is 6.86. The van der Waals surface area contributed by atoms with Gasteiger partial charge in [-0.3, -0.25) is 9.59 Å². The Labute approximate surface area is 116 Å². The maximum atomic E-state index is 12.0. The van der Waals surface area contributed by atoms with Crippen LogP contribution in [0, 0.1) is 0 Å². The highest BCUT2D eigenvalue weighted by Gasteiger charge is 2.19. The molecule has 2 rings (SSSR count). The molecule has 1 fully saturated rings. The van der Waals surface area contributed by atoms with Crippen molar-refractivity contribution >= 4 is 17.2 Å². The SMILES string of the molecule is CC(NCc1csc(=O)[nH]1)C(=O)NC1CCCCC1. The molecule has 1 saturated carbocycles. The zero-order chi connectivity index (χ0) is 13.7. The summed E-state index contributed by atoms with van der Waals surface area (Å²) in [5.74, 6) is 0.0458. The van der Waals surface area contributed by atoms with E-state index in [1.165, 1.54) is 19.3 Å². The van der Waals surface area contributed by atoms with Gasteiger partial charge < -0.3 is 15.6 Å². The molecule has 0 aromatic carbocycles. The van der Waals surface area contributed by atoms with E-state index in [1.54, 1.807) is 5.38 Å². The zero-order valence-corrected chi connectivity index (χ0v) is 12.0. The number of aromatic nitrogens is 1. The van der Waals surface area contributed by atoms with Gasteiger partial charge in [-0.25, -0.2) is 0 Å². The number of thiazole rings is 1. The summed E-state index contributed by atoms with van der Waals surface area (Å²) in [6.07, 6.45) is 5.89. The Hall–Kier alpha value is -1.14. The van der Waals surface area contributed by atoms with Crippen molar-refractivity contribution in [2.75, 3.05) is 0 Å². The van der Waals surface area contributed by atoms with E-state index in [9.17, 15) is 9.59 Å². The average Bonchev–Trinajstić information content (AvgIpc) is 2.83. The third-order valence-electron chi connectivity index (χ3n) is 3.51. The number of rotatable bonds is 5. The van der Waals surface area contributed by atoms with Crippen molar-refractivity contribution in [2.24, 2.45) is 0 Å². The van der Waals surface area contributed by atoms with Crippen molar-refractivity contribution < 1.29 is 4.79 Å². The first kappa shape index (κ1) is 14.3. The van der Waals surface area contributed by atoms with Crippen LogP contribution in [0.3, 0.4) is 0 Å². The maximum absolute atomic E-state index is 12.0. The first-order chi connectivity index (χ1) is 9.15. The largest absolute Gasteiger partial charge is 0.352 e. The average molecular weight is 283 g/mol. The molecule has 1 atom stereocenters. The summed E-state index contributed by atoms with van der Waals surface area (Å²) in [6.45, 7) is 2.36. The molecule has 5 nitrogen and oxygen atoms in total. The highest BCUT2D eigenvalue weighted by molar-refractivity contribution is 7.07. The van der Waals surface area contributed by atoms with Crippen molar-refractivity contribution in [3.05, 3.63) is 20.7 Å². The van der Waals surface area contributed by atoms with E-state index >= 15 is 0 Å². The molecule has 1 aromatic rings. The quantitative estimate of drug-likeness (QED) is 0.764. The molecular formula is C13H21N3O2S. The van der Waals surface area contributed by atoms with Gasteiger partial charge in [0, 0.05) is 23.7 Å². The normalized spacial score (nSPS) is 18.2. The zero-order valence-electron chi connectivity index (χ0n) is 11.2. The molecule has 106 valence electrons. The van der Waals surface area contributed by atoms with E-state index in [-0.39, 0.29) is 16.8 Å². The van der Waals surface area contributed by atoms with E-state index < -0.39 is 0 Å². The fourth-order valence-electron chi connectivity index (χ4n) is 2.33. The summed E-state index contributed by atoms with van der Waals surface area (Å²) < 4.78 is 0. The topological polar surface area (TPSA) is 74.0 Å². The molecule has 19 heavy (non-hydrogen) atoms. The molecule has 1 aliphatic carbocycles. The molecule has 0 spiro atoms. The van der Waals surface area contributed by atoms with Gasteiger partial charge in [0.25, 0.3) is 0 Å². The second-order valence-corrected chi connectivity index (χ2v) is 5.96. The van der Waals surface area contributed by atoms with E-state index in [1.807, 2.05) is 6.92 Å². The smallest absolute Gasteiger partial charge is 0.304 e. The Balaban J connectivity index is 1.73. The summed E-state index contributed by atoms with van der Waals surface area (Å²) in [7, 11) is 0.